The minimum absolute atomic E-state index is 0.00793. The summed E-state index contributed by atoms with van der Waals surface area (Å²) in [6.07, 6.45) is 5.92. The lowest BCUT2D eigenvalue weighted by Crippen LogP contribution is -2.49. The number of rotatable bonds is 5. The second kappa shape index (κ2) is 8.01. The molecule has 2 fully saturated rings. The van der Waals surface area contributed by atoms with E-state index in [-0.39, 0.29) is 23.9 Å². The Hall–Kier alpha value is -2.25. The zero-order valence-electron chi connectivity index (χ0n) is 16.3. The summed E-state index contributed by atoms with van der Waals surface area (Å²) >= 11 is 0. The van der Waals surface area contributed by atoms with Crippen LogP contribution in [-0.4, -0.2) is 52.9 Å². The maximum atomic E-state index is 13.1. The van der Waals surface area contributed by atoms with Crippen molar-refractivity contribution in [1.82, 2.24) is 20.0 Å². The molecule has 2 aliphatic rings. The van der Waals surface area contributed by atoms with Crippen molar-refractivity contribution in [2.24, 2.45) is 11.8 Å². The number of nitrogens with one attached hydrogen (secondary N) is 1. The summed E-state index contributed by atoms with van der Waals surface area (Å²) in [7, 11) is 1.73. The van der Waals surface area contributed by atoms with E-state index < -0.39 is 0 Å². The first-order chi connectivity index (χ1) is 13.5. The monoisotopic (exact) mass is 386 g/mol. The summed E-state index contributed by atoms with van der Waals surface area (Å²) in [6, 6.07) is 6.44. The van der Waals surface area contributed by atoms with Crippen LogP contribution in [0.1, 0.15) is 25.3 Å². The molecule has 4 rings (SSSR count). The minimum Gasteiger partial charge on any atom is -0.379 e. The van der Waals surface area contributed by atoms with E-state index in [0.717, 1.165) is 43.7 Å². The van der Waals surface area contributed by atoms with E-state index in [2.05, 4.69) is 15.3 Å². The van der Waals surface area contributed by atoms with Crippen LogP contribution < -0.4 is 5.32 Å². The van der Waals surface area contributed by atoms with Crippen LogP contribution in [0.4, 0.5) is 4.39 Å². The van der Waals surface area contributed by atoms with Gasteiger partial charge < -0.3 is 10.1 Å². The topological polar surface area (TPSA) is 59.4 Å². The number of amides is 1. The van der Waals surface area contributed by atoms with Gasteiger partial charge in [-0.05, 0) is 48.9 Å². The van der Waals surface area contributed by atoms with E-state index in [1.807, 2.05) is 12.4 Å². The Balaban J connectivity index is 1.38. The van der Waals surface area contributed by atoms with Gasteiger partial charge in [0.25, 0.3) is 0 Å². The largest absolute Gasteiger partial charge is 0.379 e. The molecule has 0 radical (unpaired) electrons. The Morgan fingerprint density at radius 1 is 1.25 bits per heavy atom. The van der Waals surface area contributed by atoms with Crippen molar-refractivity contribution in [2.45, 2.75) is 38.5 Å². The summed E-state index contributed by atoms with van der Waals surface area (Å²) in [5, 5.41) is 7.48. The summed E-state index contributed by atoms with van der Waals surface area (Å²) in [5.41, 5.74) is 1.99. The molecule has 7 heteroatoms. The second-order valence-corrected chi connectivity index (χ2v) is 8.04. The minimum atomic E-state index is -0.247. The number of carbonyl (C=O) groups excluding carboxylic acids is 1. The van der Waals surface area contributed by atoms with Crippen molar-refractivity contribution in [2.75, 3.05) is 20.2 Å². The van der Waals surface area contributed by atoms with Gasteiger partial charge in [0.1, 0.15) is 5.82 Å². The van der Waals surface area contributed by atoms with Gasteiger partial charge in [-0.3, -0.25) is 9.69 Å². The number of hydrogen-bond donors (Lipinski definition) is 1. The zero-order chi connectivity index (χ0) is 19.7. The molecule has 0 unspecified atom stereocenters. The SMILES string of the molecule is CO[C@@H]1C[C@H]2CN(Cc3cnn(-c4ccc(F)cc4)c3)C[C@H]2C[C@H]1NC(C)=O. The number of halogens is 1. The molecule has 28 heavy (non-hydrogen) atoms. The highest BCUT2D eigenvalue weighted by molar-refractivity contribution is 5.73. The van der Waals surface area contributed by atoms with Crippen molar-refractivity contribution in [3.8, 4) is 5.69 Å². The smallest absolute Gasteiger partial charge is 0.217 e. The van der Waals surface area contributed by atoms with Gasteiger partial charge in [0.05, 0.1) is 24.0 Å². The third-order valence-corrected chi connectivity index (χ3v) is 6.02. The van der Waals surface area contributed by atoms with Crippen molar-refractivity contribution in [1.29, 1.82) is 0 Å². The van der Waals surface area contributed by atoms with Crippen LogP contribution in [-0.2, 0) is 16.1 Å². The van der Waals surface area contributed by atoms with Crippen LogP contribution in [0.5, 0.6) is 0 Å². The Morgan fingerprint density at radius 2 is 1.96 bits per heavy atom. The lowest BCUT2D eigenvalue weighted by atomic mass is 9.77. The number of benzene rings is 1. The highest BCUT2D eigenvalue weighted by Crippen LogP contribution is 2.38. The van der Waals surface area contributed by atoms with E-state index in [4.69, 9.17) is 4.74 Å². The average molecular weight is 386 g/mol. The molecule has 1 saturated heterocycles. The van der Waals surface area contributed by atoms with Crippen LogP contribution in [0, 0.1) is 17.7 Å². The molecule has 1 aliphatic carbocycles. The number of nitrogens with zero attached hydrogens (tertiary/aromatic N) is 3. The summed E-state index contributed by atoms with van der Waals surface area (Å²) in [5.74, 6) is 0.939. The summed E-state index contributed by atoms with van der Waals surface area (Å²) < 4.78 is 20.5. The molecule has 1 saturated carbocycles. The molecule has 6 nitrogen and oxygen atoms in total. The first kappa shape index (κ1) is 19.1. The number of carbonyl (C=O) groups is 1. The molecule has 1 amide bonds. The van der Waals surface area contributed by atoms with E-state index >= 15 is 0 Å². The first-order valence-corrected chi connectivity index (χ1v) is 9.83. The van der Waals surface area contributed by atoms with Crippen LogP contribution in [0.2, 0.25) is 0 Å². The highest BCUT2D eigenvalue weighted by Gasteiger charge is 2.42. The molecule has 150 valence electrons. The lowest BCUT2D eigenvalue weighted by molar-refractivity contribution is -0.121. The Labute approximate surface area is 164 Å². The van der Waals surface area contributed by atoms with Crippen LogP contribution in [0.3, 0.4) is 0 Å². The fourth-order valence-corrected chi connectivity index (χ4v) is 4.75. The number of fused-ring (bicyclic) bond motifs is 1. The van der Waals surface area contributed by atoms with Crippen LogP contribution in [0.15, 0.2) is 36.7 Å². The summed E-state index contributed by atoms with van der Waals surface area (Å²) in [6.45, 7) is 4.48. The molecular formula is C21H27FN4O2. The van der Waals surface area contributed by atoms with Gasteiger partial charge in [-0.25, -0.2) is 9.07 Å². The Morgan fingerprint density at radius 3 is 2.64 bits per heavy atom. The van der Waals surface area contributed by atoms with Crippen LogP contribution >= 0.6 is 0 Å². The molecule has 0 spiro atoms. The van der Waals surface area contributed by atoms with Crippen molar-refractivity contribution in [3.05, 3.63) is 48.0 Å². The fraction of sp³-hybridized carbons (Fsp3) is 0.524. The molecule has 0 bridgehead atoms. The average Bonchev–Trinajstić information content (AvgIpc) is 3.27. The molecule has 1 aromatic carbocycles. The van der Waals surface area contributed by atoms with Gasteiger partial charge in [0.2, 0.25) is 5.91 Å². The third-order valence-electron chi connectivity index (χ3n) is 6.02. The van der Waals surface area contributed by atoms with E-state index in [9.17, 15) is 9.18 Å². The third kappa shape index (κ3) is 4.10. The van der Waals surface area contributed by atoms with Gasteiger partial charge in [-0.15, -0.1) is 0 Å². The molecule has 2 aromatic rings. The van der Waals surface area contributed by atoms with Crippen molar-refractivity contribution >= 4 is 5.91 Å². The van der Waals surface area contributed by atoms with Gasteiger partial charge in [-0.1, -0.05) is 0 Å². The normalized spacial score (nSPS) is 27.5. The summed E-state index contributed by atoms with van der Waals surface area (Å²) in [4.78, 5) is 14.0. The highest BCUT2D eigenvalue weighted by atomic mass is 19.1. The number of likely N-dealkylation sites (tertiary alicyclic amines) is 1. The zero-order valence-corrected chi connectivity index (χ0v) is 16.3. The molecule has 1 aliphatic heterocycles. The van der Waals surface area contributed by atoms with Gasteiger partial charge >= 0.3 is 0 Å². The van der Waals surface area contributed by atoms with E-state index in [0.29, 0.717) is 11.8 Å². The van der Waals surface area contributed by atoms with Crippen molar-refractivity contribution in [3.63, 3.8) is 0 Å². The van der Waals surface area contributed by atoms with Gasteiger partial charge in [0, 0.05) is 45.4 Å². The number of hydrogen-bond acceptors (Lipinski definition) is 4. The molecular weight excluding hydrogens is 359 g/mol. The predicted molar refractivity (Wildman–Crippen MR) is 103 cm³/mol. The van der Waals surface area contributed by atoms with Gasteiger partial charge in [0.15, 0.2) is 0 Å². The quantitative estimate of drug-likeness (QED) is 0.857. The molecule has 4 atom stereocenters. The first-order valence-electron chi connectivity index (χ1n) is 9.83. The lowest BCUT2D eigenvalue weighted by Gasteiger charge is -2.37. The van der Waals surface area contributed by atoms with Crippen molar-refractivity contribution < 1.29 is 13.9 Å². The number of methoxy groups -OCH3 is 1. The molecule has 1 N–H and O–H groups in total. The molecule has 2 heterocycles. The second-order valence-electron chi connectivity index (χ2n) is 8.04. The van der Waals surface area contributed by atoms with Gasteiger partial charge in [-0.2, -0.15) is 5.10 Å². The Bertz CT molecular complexity index is 822. The number of aromatic nitrogens is 2. The maximum Gasteiger partial charge on any atom is 0.217 e. The fourth-order valence-electron chi connectivity index (χ4n) is 4.75. The standard InChI is InChI=1S/C21H27FN4O2/c1-14(27)24-20-7-16-12-25(13-17(16)8-21(20)28-2)10-15-9-23-26(11-15)19-5-3-18(22)4-6-19/h3-6,9,11,16-17,20-21H,7-8,10,12-13H2,1-2H3,(H,24,27)/t16-,17+,20-,21-/m1/s1. The Kier molecular flexibility index (Phi) is 5.46. The van der Waals surface area contributed by atoms with E-state index in [1.165, 1.54) is 12.1 Å². The van der Waals surface area contributed by atoms with Crippen LogP contribution in [0.25, 0.3) is 5.69 Å². The molecule has 1 aromatic heterocycles. The maximum absolute atomic E-state index is 13.1. The number of ether oxygens (including phenoxy) is 1. The predicted octanol–water partition coefficient (Wildman–Crippen LogP) is 2.37. The van der Waals surface area contributed by atoms with E-state index in [1.54, 1.807) is 30.8 Å².